The predicted octanol–water partition coefficient (Wildman–Crippen LogP) is -0.152. The highest BCUT2D eigenvalue weighted by Crippen LogP contribution is 2.06. The zero-order chi connectivity index (χ0) is 13.8. The number of nitrogens with zero attached hydrogens (tertiary/aromatic N) is 5. The van der Waals surface area contributed by atoms with Crippen LogP contribution in [0.4, 0.5) is 0 Å². The first-order chi connectivity index (χ1) is 9.10. The van der Waals surface area contributed by atoms with Crippen LogP contribution >= 0.6 is 0 Å². The Kier molecular flexibility index (Phi) is 3.96. The smallest absolute Gasteiger partial charge is 0.274 e. The largest absolute Gasteiger partial charge is 0.336 e. The van der Waals surface area contributed by atoms with Crippen molar-refractivity contribution in [2.24, 2.45) is 12.8 Å². The van der Waals surface area contributed by atoms with E-state index in [9.17, 15) is 4.79 Å². The summed E-state index contributed by atoms with van der Waals surface area (Å²) >= 11 is 0. The summed E-state index contributed by atoms with van der Waals surface area (Å²) in [6, 6.07) is 0. The molecule has 0 radical (unpaired) electrons. The molecule has 0 aliphatic carbocycles. The Bertz CT molecular complexity index is 558. The third-order valence-corrected chi connectivity index (χ3v) is 2.76. The topological polar surface area (TPSA) is 82.0 Å². The van der Waals surface area contributed by atoms with Gasteiger partial charge in [-0.1, -0.05) is 0 Å². The highest BCUT2D eigenvalue weighted by atomic mass is 16.2. The normalized spacial score (nSPS) is 10.7. The molecule has 1 amide bonds. The van der Waals surface area contributed by atoms with E-state index in [1.54, 1.807) is 35.4 Å². The van der Waals surface area contributed by atoms with E-state index in [2.05, 4.69) is 10.1 Å². The third kappa shape index (κ3) is 3.19. The van der Waals surface area contributed by atoms with Crippen molar-refractivity contribution >= 4 is 5.91 Å². The molecule has 2 N–H and O–H groups in total. The molecule has 2 aromatic heterocycles. The van der Waals surface area contributed by atoms with Crippen molar-refractivity contribution in [3.8, 4) is 0 Å². The predicted molar refractivity (Wildman–Crippen MR) is 70.3 cm³/mol. The molecule has 7 heteroatoms. The van der Waals surface area contributed by atoms with Crippen molar-refractivity contribution in [2.75, 3.05) is 13.6 Å². The Balaban J connectivity index is 2.01. The number of carbonyl (C=O) groups excluding carboxylic acids is 1. The Morgan fingerprint density at radius 1 is 1.47 bits per heavy atom. The third-order valence-electron chi connectivity index (χ3n) is 2.76. The summed E-state index contributed by atoms with van der Waals surface area (Å²) in [6.45, 7) is 1.69. The Morgan fingerprint density at radius 2 is 2.26 bits per heavy atom. The second-order valence-corrected chi connectivity index (χ2v) is 4.47. The first kappa shape index (κ1) is 13.3. The molecule has 0 unspecified atom stereocenters. The van der Waals surface area contributed by atoms with E-state index >= 15 is 0 Å². The summed E-state index contributed by atoms with van der Waals surface area (Å²) in [7, 11) is 3.59. The maximum absolute atomic E-state index is 12.2. The summed E-state index contributed by atoms with van der Waals surface area (Å²) in [5, 5.41) is 4.08. The molecule has 0 atom stereocenters. The molecule has 0 spiro atoms. The molecule has 2 rings (SSSR count). The van der Waals surface area contributed by atoms with Gasteiger partial charge in [0.1, 0.15) is 5.69 Å². The number of imidazole rings is 1. The van der Waals surface area contributed by atoms with E-state index in [-0.39, 0.29) is 5.91 Å². The van der Waals surface area contributed by atoms with Crippen LogP contribution in [0.15, 0.2) is 24.9 Å². The summed E-state index contributed by atoms with van der Waals surface area (Å²) in [4.78, 5) is 17.9. The first-order valence-corrected chi connectivity index (χ1v) is 6.05. The van der Waals surface area contributed by atoms with Gasteiger partial charge in [-0.15, -0.1) is 0 Å². The number of hydrogen-bond donors (Lipinski definition) is 1. The maximum atomic E-state index is 12.2. The van der Waals surface area contributed by atoms with E-state index in [1.807, 2.05) is 17.8 Å². The van der Waals surface area contributed by atoms with E-state index in [1.165, 1.54) is 0 Å². The SMILES string of the molecule is CN(Cc1cnn(C)c1)C(=O)c1cn(CCN)cn1. The Morgan fingerprint density at radius 3 is 2.89 bits per heavy atom. The van der Waals surface area contributed by atoms with Crippen LogP contribution in [-0.2, 0) is 20.1 Å². The average molecular weight is 262 g/mol. The van der Waals surface area contributed by atoms with Gasteiger partial charge in [-0.3, -0.25) is 9.48 Å². The number of hydrogen-bond acceptors (Lipinski definition) is 4. The molecule has 0 saturated carbocycles. The minimum absolute atomic E-state index is 0.111. The van der Waals surface area contributed by atoms with E-state index in [0.717, 1.165) is 5.56 Å². The van der Waals surface area contributed by atoms with Crippen molar-refractivity contribution in [1.82, 2.24) is 24.2 Å². The Hall–Kier alpha value is -2.15. The highest BCUT2D eigenvalue weighted by molar-refractivity contribution is 5.91. The van der Waals surface area contributed by atoms with Crippen LogP contribution in [0.25, 0.3) is 0 Å². The van der Waals surface area contributed by atoms with Crippen LogP contribution in [0, 0.1) is 0 Å². The number of carbonyl (C=O) groups is 1. The fraction of sp³-hybridized carbons (Fsp3) is 0.417. The number of nitrogens with two attached hydrogens (primary N) is 1. The molecular weight excluding hydrogens is 244 g/mol. The average Bonchev–Trinajstić information content (AvgIpc) is 2.98. The van der Waals surface area contributed by atoms with Crippen LogP contribution in [0.5, 0.6) is 0 Å². The molecule has 7 nitrogen and oxygen atoms in total. The molecule has 0 fully saturated rings. The summed E-state index contributed by atoms with van der Waals surface area (Å²) < 4.78 is 3.52. The molecule has 0 bridgehead atoms. The molecule has 0 saturated heterocycles. The van der Waals surface area contributed by atoms with Gasteiger partial charge in [0.25, 0.3) is 5.91 Å². The zero-order valence-corrected chi connectivity index (χ0v) is 11.2. The minimum Gasteiger partial charge on any atom is -0.336 e. The quantitative estimate of drug-likeness (QED) is 0.812. The van der Waals surface area contributed by atoms with Gasteiger partial charge in [0.05, 0.1) is 12.5 Å². The van der Waals surface area contributed by atoms with Gasteiger partial charge < -0.3 is 15.2 Å². The van der Waals surface area contributed by atoms with Gasteiger partial charge in [0, 0.05) is 51.7 Å². The van der Waals surface area contributed by atoms with Crippen LogP contribution in [-0.4, -0.2) is 43.7 Å². The lowest BCUT2D eigenvalue weighted by Gasteiger charge is -2.14. The maximum Gasteiger partial charge on any atom is 0.274 e. The molecule has 2 aromatic rings. The van der Waals surface area contributed by atoms with E-state index in [4.69, 9.17) is 5.73 Å². The highest BCUT2D eigenvalue weighted by Gasteiger charge is 2.15. The van der Waals surface area contributed by atoms with Crippen LogP contribution in [0.3, 0.4) is 0 Å². The molecule has 2 heterocycles. The van der Waals surface area contributed by atoms with Crippen molar-refractivity contribution < 1.29 is 4.79 Å². The fourth-order valence-electron chi connectivity index (χ4n) is 1.84. The molecule has 102 valence electrons. The van der Waals surface area contributed by atoms with Gasteiger partial charge >= 0.3 is 0 Å². The Labute approximate surface area is 111 Å². The number of aryl methyl sites for hydroxylation is 1. The van der Waals surface area contributed by atoms with E-state index < -0.39 is 0 Å². The fourth-order valence-corrected chi connectivity index (χ4v) is 1.84. The monoisotopic (exact) mass is 262 g/mol. The minimum atomic E-state index is -0.111. The van der Waals surface area contributed by atoms with Gasteiger partial charge in [-0.05, 0) is 0 Å². The standard InChI is InChI=1S/C12H18N6O/c1-16(6-10-5-15-17(2)7-10)12(19)11-8-18(4-3-13)9-14-11/h5,7-9H,3-4,6,13H2,1-2H3. The van der Waals surface area contributed by atoms with Crippen LogP contribution < -0.4 is 5.73 Å². The van der Waals surface area contributed by atoms with Gasteiger partial charge in [-0.2, -0.15) is 5.10 Å². The van der Waals surface area contributed by atoms with Crippen molar-refractivity contribution in [2.45, 2.75) is 13.1 Å². The number of amides is 1. The molecule has 0 aliphatic heterocycles. The van der Waals surface area contributed by atoms with Gasteiger partial charge in [0.15, 0.2) is 0 Å². The summed E-state index contributed by atoms with van der Waals surface area (Å²) in [6.07, 6.45) is 6.97. The second-order valence-electron chi connectivity index (χ2n) is 4.47. The lowest BCUT2D eigenvalue weighted by molar-refractivity contribution is 0.0779. The van der Waals surface area contributed by atoms with Gasteiger partial charge in [0.2, 0.25) is 0 Å². The summed E-state index contributed by atoms with van der Waals surface area (Å²) in [5.74, 6) is -0.111. The van der Waals surface area contributed by atoms with Crippen molar-refractivity contribution in [1.29, 1.82) is 0 Å². The van der Waals surface area contributed by atoms with Crippen LogP contribution in [0.2, 0.25) is 0 Å². The number of rotatable bonds is 5. The first-order valence-electron chi connectivity index (χ1n) is 6.05. The molecule has 0 aromatic carbocycles. The second kappa shape index (κ2) is 5.66. The molecule has 0 aliphatic rings. The zero-order valence-electron chi connectivity index (χ0n) is 11.2. The van der Waals surface area contributed by atoms with E-state index in [0.29, 0.717) is 25.3 Å². The molecular formula is C12H18N6O. The lowest BCUT2D eigenvalue weighted by Crippen LogP contribution is -2.26. The lowest BCUT2D eigenvalue weighted by atomic mass is 10.3. The van der Waals surface area contributed by atoms with Crippen LogP contribution in [0.1, 0.15) is 16.1 Å². The molecule has 19 heavy (non-hydrogen) atoms. The van der Waals surface area contributed by atoms with Crippen molar-refractivity contribution in [3.05, 3.63) is 36.2 Å². The number of aromatic nitrogens is 4. The van der Waals surface area contributed by atoms with Crippen molar-refractivity contribution in [3.63, 3.8) is 0 Å². The van der Waals surface area contributed by atoms with Gasteiger partial charge in [-0.25, -0.2) is 4.98 Å². The summed E-state index contributed by atoms with van der Waals surface area (Å²) in [5.41, 5.74) is 6.87.